The molecule has 2 aromatic carbocycles. The second-order valence-corrected chi connectivity index (χ2v) is 5.87. The molecule has 1 amide bonds. The van der Waals surface area contributed by atoms with E-state index in [4.69, 9.17) is 14.2 Å². The molecule has 134 valence electrons. The number of amides is 1. The molecule has 1 N–H and O–H groups in total. The zero-order valence-corrected chi connectivity index (χ0v) is 15.2. The predicted molar refractivity (Wildman–Crippen MR) is 97.5 cm³/mol. The van der Waals surface area contributed by atoms with Crippen molar-refractivity contribution in [2.45, 2.75) is 26.9 Å². The molecule has 0 aliphatic carbocycles. The number of carbonyl (C=O) groups is 1. The summed E-state index contributed by atoms with van der Waals surface area (Å²) in [5.41, 5.74) is 2.30. The SMILES string of the molecule is COc1ccccc1O[C@H](C)C(=O)NCCOc1cc(C)cc(C)c1. The predicted octanol–water partition coefficient (Wildman–Crippen LogP) is 3.27. The molecule has 2 aromatic rings. The summed E-state index contributed by atoms with van der Waals surface area (Å²) in [6.07, 6.45) is -0.627. The van der Waals surface area contributed by atoms with Gasteiger partial charge < -0.3 is 19.5 Å². The Morgan fingerprint density at radius 1 is 1.08 bits per heavy atom. The maximum atomic E-state index is 12.1. The maximum absolute atomic E-state index is 12.1. The Kier molecular flexibility index (Phi) is 6.69. The highest BCUT2D eigenvalue weighted by Crippen LogP contribution is 2.26. The molecular formula is C20H25NO4. The topological polar surface area (TPSA) is 56.8 Å². The summed E-state index contributed by atoms with van der Waals surface area (Å²) in [6, 6.07) is 13.3. The van der Waals surface area contributed by atoms with Crippen LogP contribution in [0, 0.1) is 13.8 Å². The van der Waals surface area contributed by atoms with Gasteiger partial charge in [-0.2, -0.15) is 0 Å². The molecule has 0 aliphatic heterocycles. The van der Waals surface area contributed by atoms with E-state index in [-0.39, 0.29) is 5.91 Å². The second kappa shape index (κ2) is 8.97. The first-order chi connectivity index (χ1) is 12.0. The summed E-state index contributed by atoms with van der Waals surface area (Å²) in [4.78, 5) is 12.1. The van der Waals surface area contributed by atoms with Gasteiger partial charge in [0.2, 0.25) is 0 Å². The lowest BCUT2D eigenvalue weighted by atomic mass is 10.1. The summed E-state index contributed by atoms with van der Waals surface area (Å²) < 4.78 is 16.6. The van der Waals surface area contributed by atoms with E-state index < -0.39 is 6.10 Å². The van der Waals surface area contributed by atoms with E-state index in [1.54, 1.807) is 26.2 Å². The van der Waals surface area contributed by atoms with E-state index in [1.165, 1.54) is 0 Å². The molecule has 0 radical (unpaired) electrons. The molecule has 5 heteroatoms. The quantitative estimate of drug-likeness (QED) is 0.748. The summed E-state index contributed by atoms with van der Waals surface area (Å²) in [6.45, 7) is 6.56. The van der Waals surface area contributed by atoms with Crippen LogP contribution in [-0.2, 0) is 4.79 Å². The first kappa shape index (κ1) is 18.6. The molecule has 0 fully saturated rings. The van der Waals surface area contributed by atoms with Crippen LogP contribution in [0.2, 0.25) is 0 Å². The number of nitrogens with one attached hydrogen (secondary N) is 1. The normalized spacial score (nSPS) is 11.5. The first-order valence-electron chi connectivity index (χ1n) is 8.28. The molecule has 25 heavy (non-hydrogen) atoms. The van der Waals surface area contributed by atoms with Gasteiger partial charge in [-0.25, -0.2) is 0 Å². The Labute approximate surface area is 148 Å². The van der Waals surface area contributed by atoms with E-state index in [9.17, 15) is 4.79 Å². The van der Waals surface area contributed by atoms with Crippen LogP contribution in [0.3, 0.4) is 0 Å². The minimum atomic E-state index is -0.627. The van der Waals surface area contributed by atoms with Crippen molar-refractivity contribution >= 4 is 5.91 Å². The second-order valence-electron chi connectivity index (χ2n) is 5.87. The molecule has 0 saturated carbocycles. The van der Waals surface area contributed by atoms with Crippen molar-refractivity contribution in [1.29, 1.82) is 0 Å². The van der Waals surface area contributed by atoms with Crippen LogP contribution in [-0.4, -0.2) is 32.3 Å². The third-order valence-corrected chi connectivity index (χ3v) is 3.61. The van der Waals surface area contributed by atoms with Crippen molar-refractivity contribution < 1.29 is 19.0 Å². The van der Waals surface area contributed by atoms with Crippen LogP contribution in [0.25, 0.3) is 0 Å². The maximum Gasteiger partial charge on any atom is 0.260 e. The average molecular weight is 343 g/mol. The van der Waals surface area contributed by atoms with Gasteiger partial charge >= 0.3 is 0 Å². The lowest BCUT2D eigenvalue weighted by Gasteiger charge is -2.16. The lowest BCUT2D eigenvalue weighted by molar-refractivity contribution is -0.127. The van der Waals surface area contributed by atoms with Crippen LogP contribution in [0.1, 0.15) is 18.1 Å². The van der Waals surface area contributed by atoms with Crippen LogP contribution in [0.15, 0.2) is 42.5 Å². The smallest absolute Gasteiger partial charge is 0.260 e. The Morgan fingerprint density at radius 3 is 2.36 bits per heavy atom. The summed E-state index contributed by atoms with van der Waals surface area (Å²) in [5.74, 6) is 1.75. The Balaban J connectivity index is 1.77. The zero-order valence-electron chi connectivity index (χ0n) is 15.2. The fraction of sp³-hybridized carbons (Fsp3) is 0.350. The summed E-state index contributed by atoms with van der Waals surface area (Å²) >= 11 is 0. The van der Waals surface area contributed by atoms with Gasteiger partial charge in [-0.1, -0.05) is 18.2 Å². The molecule has 0 aromatic heterocycles. The minimum Gasteiger partial charge on any atom is -0.493 e. The number of ether oxygens (including phenoxy) is 3. The van der Waals surface area contributed by atoms with Gasteiger partial charge in [0.1, 0.15) is 12.4 Å². The van der Waals surface area contributed by atoms with Crippen molar-refractivity contribution in [3.05, 3.63) is 53.6 Å². The minimum absolute atomic E-state index is 0.199. The average Bonchev–Trinajstić information content (AvgIpc) is 2.58. The van der Waals surface area contributed by atoms with Crippen molar-refractivity contribution in [2.24, 2.45) is 0 Å². The van der Waals surface area contributed by atoms with Crippen molar-refractivity contribution in [3.63, 3.8) is 0 Å². The van der Waals surface area contributed by atoms with Gasteiger partial charge in [0.25, 0.3) is 5.91 Å². The first-order valence-corrected chi connectivity index (χ1v) is 8.28. The largest absolute Gasteiger partial charge is 0.493 e. The molecule has 0 heterocycles. The van der Waals surface area contributed by atoms with Gasteiger partial charge in [-0.3, -0.25) is 4.79 Å². The van der Waals surface area contributed by atoms with Gasteiger partial charge in [0.15, 0.2) is 17.6 Å². The number of hydrogen-bond donors (Lipinski definition) is 1. The number of hydrogen-bond acceptors (Lipinski definition) is 4. The van der Waals surface area contributed by atoms with Gasteiger partial charge in [0.05, 0.1) is 13.7 Å². The molecule has 0 spiro atoms. The number of para-hydroxylation sites is 2. The Morgan fingerprint density at radius 2 is 1.72 bits per heavy atom. The van der Waals surface area contributed by atoms with Gasteiger partial charge in [-0.05, 0) is 56.2 Å². The van der Waals surface area contributed by atoms with Crippen LogP contribution in [0.5, 0.6) is 17.2 Å². The molecular weight excluding hydrogens is 318 g/mol. The number of methoxy groups -OCH3 is 1. The van der Waals surface area contributed by atoms with E-state index in [0.29, 0.717) is 24.7 Å². The lowest BCUT2D eigenvalue weighted by Crippen LogP contribution is -2.38. The van der Waals surface area contributed by atoms with E-state index in [0.717, 1.165) is 16.9 Å². The zero-order chi connectivity index (χ0) is 18.2. The molecule has 5 nitrogen and oxygen atoms in total. The van der Waals surface area contributed by atoms with Crippen molar-refractivity contribution in [2.75, 3.05) is 20.3 Å². The number of aryl methyl sites for hydroxylation is 2. The summed E-state index contributed by atoms with van der Waals surface area (Å²) in [5, 5.41) is 2.81. The van der Waals surface area contributed by atoms with Crippen LogP contribution >= 0.6 is 0 Å². The molecule has 0 saturated heterocycles. The van der Waals surface area contributed by atoms with Crippen LogP contribution in [0.4, 0.5) is 0 Å². The third kappa shape index (κ3) is 5.71. The van der Waals surface area contributed by atoms with E-state index in [1.807, 2.05) is 38.1 Å². The number of carbonyl (C=O) groups excluding carboxylic acids is 1. The molecule has 0 bridgehead atoms. The van der Waals surface area contributed by atoms with Gasteiger partial charge in [-0.15, -0.1) is 0 Å². The van der Waals surface area contributed by atoms with E-state index in [2.05, 4.69) is 11.4 Å². The highest BCUT2D eigenvalue weighted by Gasteiger charge is 2.16. The molecule has 2 rings (SSSR count). The Hall–Kier alpha value is -2.69. The van der Waals surface area contributed by atoms with Gasteiger partial charge in [0, 0.05) is 0 Å². The van der Waals surface area contributed by atoms with Crippen molar-refractivity contribution in [3.8, 4) is 17.2 Å². The Bertz CT molecular complexity index is 694. The van der Waals surface area contributed by atoms with Crippen LogP contribution < -0.4 is 19.5 Å². The standard InChI is InChI=1S/C20H25NO4/c1-14-11-15(2)13-17(12-14)24-10-9-21-20(22)16(3)25-19-8-6-5-7-18(19)23-4/h5-8,11-13,16H,9-10H2,1-4H3,(H,21,22)/t16-/m1/s1. The fourth-order valence-electron chi connectivity index (χ4n) is 2.46. The monoisotopic (exact) mass is 343 g/mol. The molecule has 0 unspecified atom stereocenters. The molecule has 1 atom stereocenters. The van der Waals surface area contributed by atoms with E-state index >= 15 is 0 Å². The fourth-order valence-corrected chi connectivity index (χ4v) is 2.46. The highest BCUT2D eigenvalue weighted by atomic mass is 16.5. The number of benzene rings is 2. The number of rotatable bonds is 8. The highest BCUT2D eigenvalue weighted by molar-refractivity contribution is 5.80. The third-order valence-electron chi connectivity index (χ3n) is 3.61. The van der Waals surface area contributed by atoms with Crippen molar-refractivity contribution in [1.82, 2.24) is 5.32 Å². The summed E-state index contributed by atoms with van der Waals surface area (Å²) in [7, 11) is 1.57. The molecule has 0 aliphatic rings.